The maximum absolute atomic E-state index is 5.86. The predicted molar refractivity (Wildman–Crippen MR) is 89.1 cm³/mol. The Morgan fingerprint density at radius 2 is 2.15 bits per heavy atom. The molecular weight excluding hydrogens is 264 g/mol. The number of hydrogen-bond donors (Lipinski definition) is 2. The van der Waals surface area contributed by atoms with E-state index in [1.807, 2.05) is 12.1 Å². The molecule has 0 saturated heterocycles. The molecule has 0 aromatic heterocycles. The van der Waals surface area contributed by atoms with E-state index in [-0.39, 0.29) is 0 Å². The van der Waals surface area contributed by atoms with Gasteiger partial charge in [0.25, 0.3) is 0 Å². The lowest BCUT2D eigenvalue weighted by atomic mass is 9.83. The normalized spacial score (nSPS) is 29.4. The Kier molecular flexibility index (Phi) is 3.72. The molecule has 108 valence electrons. The molecule has 0 aliphatic heterocycles. The molecule has 2 bridgehead atoms. The molecule has 0 radical (unpaired) electrons. The van der Waals surface area contributed by atoms with Crippen LogP contribution in [0.3, 0.4) is 0 Å². The van der Waals surface area contributed by atoms with Gasteiger partial charge in [0.05, 0.1) is 0 Å². The zero-order chi connectivity index (χ0) is 14.3. The maximum Gasteiger partial charge on any atom is 0.106 e. The summed E-state index contributed by atoms with van der Waals surface area (Å²) in [6.45, 7) is 4.44. The minimum Gasteiger partial charge on any atom is -0.389 e. The maximum atomic E-state index is 5.86. The first-order chi connectivity index (χ1) is 9.56. The second-order valence-electron chi connectivity index (χ2n) is 6.63. The standard InChI is InChI=1S/C17H24N2S/c1-10-4-3-5-14(17(18)20)16(10)19-11(2)15-9-12-6-7-13(15)8-12/h3-5,11-13,15,19H,6-9H2,1-2H3,(H2,18,20). The van der Waals surface area contributed by atoms with Crippen molar-refractivity contribution in [2.75, 3.05) is 5.32 Å². The van der Waals surface area contributed by atoms with Gasteiger partial charge in [-0.25, -0.2) is 0 Å². The summed E-state index contributed by atoms with van der Waals surface area (Å²) in [5.41, 5.74) is 9.21. The summed E-state index contributed by atoms with van der Waals surface area (Å²) < 4.78 is 0. The van der Waals surface area contributed by atoms with Crippen LogP contribution in [0.5, 0.6) is 0 Å². The monoisotopic (exact) mass is 288 g/mol. The topological polar surface area (TPSA) is 38.0 Å². The quantitative estimate of drug-likeness (QED) is 0.826. The number of nitrogens with one attached hydrogen (secondary N) is 1. The van der Waals surface area contributed by atoms with E-state index < -0.39 is 0 Å². The molecular formula is C17H24N2S. The highest BCUT2D eigenvalue weighted by Crippen LogP contribution is 2.50. The zero-order valence-electron chi connectivity index (χ0n) is 12.4. The van der Waals surface area contributed by atoms with E-state index in [4.69, 9.17) is 18.0 Å². The van der Waals surface area contributed by atoms with Crippen molar-refractivity contribution in [2.24, 2.45) is 23.5 Å². The van der Waals surface area contributed by atoms with Crippen LogP contribution in [-0.4, -0.2) is 11.0 Å². The van der Waals surface area contributed by atoms with Crippen molar-refractivity contribution in [3.63, 3.8) is 0 Å². The van der Waals surface area contributed by atoms with Crippen LogP contribution in [0.15, 0.2) is 18.2 Å². The smallest absolute Gasteiger partial charge is 0.106 e. The van der Waals surface area contributed by atoms with Crippen molar-refractivity contribution in [3.05, 3.63) is 29.3 Å². The molecule has 2 nitrogen and oxygen atoms in total. The molecule has 4 atom stereocenters. The largest absolute Gasteiger partial charge is 0.389 e. The molecule has 4 unspecified atom stereocenters. The first-order valence-electron chi connectivity index (χ1n) is 7.72. The van der Waals surface area contributed by atoms with E-state index in [1.54, 1.807) is 0 Å². The van der Waals surface area contributed by atoms with Crippen LogP contribution in [-0.2, 0) is 0 Å². The summed E-state index contributed by atoms with van der Waals surface area (Å²) in [6, 6.07) is 6.67. The number of fused-ring (bicyclic) bond motifs is 2. The summed E-state index contributed by atoms with van der Waals surface area (Å²) in [7, 11) is 0. The molecule has 2 fully saturated rings. The molecule has 20 heavy (non-hydrogen) atoms. The first kappa shape index (κ1) is 13.9. The van der Waals surface area contributed by atoms with Crippen molar-refractivity contribution < 1.29 is 0 Å². The van der Waals surface area contributed by atoms with Crippen LogP contribution in [0.2, 0.25) is 0 Å². The Balaban J connectivity index is 1.79. The van der Waals surface area contributed by atoms with Gasteiger partial charge in [0.1, 0.15) is 4.99 Å². The van der Waals surface area contributed by atoms with Crippen LogP contribution < -0.4 is 11.1 Å². The van der Waals surface area contributed by atoms with Crippen LogP contribution in [0.1, 0.15) is 43.7 Å². The molecule has 2 aliphatic rings. The van der Waals surface area contributed by atoms with Gasteiger partial charge in [0, 0.05) is 17.3 Å². The van der Waals surface area contributed by atoms with E-state index >= 15 is 0 Å². The molecule has 3 N–H and O–H groups in total. The molecule has 1 aromatic carbocycles. The lowest BCUT2D eigenvalue weighted by Gasteiger charge is -2.30. The lowest BCUT2D eigenvalue weighted by molar-refractivity contribution is 0.304. The number of rotatable bonds is 4. The van der Waals surface area contributed by atoms with Crippen LogP contribution in [0, 0.1) is 24.7 Å². The molecule has 2 saturated carbocycles. The molecule has 3 heteroatoms. The second-order valence-corrected chi connectivity index (χ2v) is 7.07. The number of benzene rings is 1. The Labute approximate surface area is 127 Å². The zero-order valence-corrected chi connectivity index (χ0v) is 13.2. The van der Waals surface area contributed by atoms with Crippen molar-refractivity contribution >= 4 is 22.9 Å². The fourth-order valence-corrected chi connectivity index (χ4v) is 4.48. The van der Waals surface area contributed by atoms with Gasteiger partial charge in [0.2, 0.25) is 0 Å². The third-order valence-electron chi connectivity index (χ3n) is 5.35. The fraction of sp³-hybridized carbons (Fsp3) is 0.588. The van der Waals surface area contributed by atoms with Gasteiger partial charge in [-0.05, 0) is 62.5 Å². The number of hydrogen-bond acceptors (Lipinski definition) is 2. The molecule has 0 amide bonds. The summed E-state index contributed by atoms with van der Waals surface area (Å²) in [6.07, 6.45) is 5.73. The highest BCUT2D eigenvalue weighted by Gasteiger charge is 2.41. The minimum atomic E-state index is 0.483. The number of thiocarbonyl (C=S) groups is 1. The van der Waals surface area contributed by atoms with Crippen molar-refractivity contribution in [3.8, 4) is 0 Å². The van der Waals surface area contributed by atoms with E-state index in [0.717, 1.165) is 29.0 Å². The second kappa shape index (κ2) is 5.36. The molecule has 1 aromatic rings. The molecule has 2 aliphatic carbocycles. The summed E-state index contributed by atoms with van der Waals surface area (Å²) in [5, 5.41) is 3.72. The third-order valence-corrected chi connectivity index (χ3v) is 5.57. The lowest BCUT2D eigenvalue weighted by Crippen LogP contribution is -2.31. The number of aryl methyl sites for hydroxylation is 1. The van der Waals surface area contributed by atoms with E-state index in [0.29, 0.717) is 11.0 Å². The summed E-state index contributed by atoms with van der Waals surface area (Å²) in [4.78, 5) is 0.483. The third kappa shape index (κ3) is 2.44. The summed E-state index contributed by atoms with van der Waals surface area (Å²) >= 11 is 5.19. The van der Waals surface area contributed by atoms with Crippen LogP contribution >= 0.6 is 12.2 Å². The molecule has 0 heterocycles. The Hall–Kier alpha value is -1.09. The average molecular weight is 288 g/mol. The van der Waals surface area contributed by atoms with Gasteiger partial charge in [-0.2, -0.15) is 0 Å². The first-order valence-corrected chi connectivity index (χ1v) is 8.13. The van der Waals surface area contributed by atoms with E-state index in [1.165, 1.54) is 31.2 Å². The fourth-order valence-electron chi connectivity index (χ4n) is 4.31. The van der Waals surface area contributed by atoms with E-state index in [2.05, 4.69) is 25.2 Å². The minimum absolute atomic E-state index is 0.483. The van der Waals surface area contributed by atoms with E-state index in [9.17, 15) is 0 Å². The Morgan fingerprint density at radius 1 is 1.35 bits per heavy atom. The number of anilines is 1. The number of nitrogens with two attached hydrogens (primary N) is 1. The molecule has 3 rings (SSSR count). The van der Waals surface area contributed by atoms with Crippen molar-refractivity contribution in [2.45, 2.75) is 45.6 Å². The highest BCUT2D eigenvalue weighted by molar-refractivity contribution is 7.80. The SMILES string of the molecule is Cc1cccc(C(N)=S)c1NC(C)C1CC2CCC1C2. The van der Waals surface area contributed by atoms with Gasteiger partial charge < -0.3 is 11.1 Å². The Bertz CT molecular complexity index is 526. The van der Waals surface area contributed by atoms with Gasteiger partial charge in [0.15, 0.2) is 0 Å². The summed E-state index contributed by atoms with van der Waals surface area (Å²) in [5.74, 6) is 2.73. The van der Waals surface area contributed by atoms with Crippen molar-refractivity contribution in [1.82, 2.24) is 0 Å². The molecule has 0 spiro atoms. The van der Waals surface area contributed by atoms with Crippen LogP contribution in [0.4, 0.5) is 5.69 Å². The average Bonchev–Trinajstić information content (AvgIpc) is 3.03. The van der Waals surface area contributed by atoms with Gasteiger partial charge >= 0.3 is 0 Å². The predicted octanol–water partition coefficient (Wildman–Crippen LogP) is 3.87. The number of para-hydroxylation sites is 1. The highest BCUT2D eigenvalue weighted by atomic mass is 32.1. The van der Waals surface area contributed by atoms with Gasteiger partial charge in [-0.1, -0.05) is 30.8 Å². The Morgan fingerprint density at radius 3 is 2.75 bits per heavy atom. The van der Waals surface area contributed by atoms with Crippen LogP contribution in [0.25, 0.3) is 0 Å². The van der Waals surface area contributed by atoms with Gasteiger partial charge in [-0.15, -0.1) is 0 Å². The van der Waals surface area contributed by atoms with Gasteiger partial charge in [-0.3, -0.25) is 0 Å². The van der Waals surface area contributed by atoms with Crippen molar-refractivity contribution in [1.29, 1.82) is 0 Å².